The molecule has 0 saturated carbocycles. The fourth-order valence-corrected chi connectivity index (χ4v) is 4.34. The molecule has 3 heterocycles. The number of likely N-dealkylation sites (tertiary alicyclic amines) is 1. The minimum absolute atomic E-state index is 0.401. The molecule has 1 aliphatic heterocycles. The number of amidine groups is 1. The molecule has 3 aromatic rings. The number of nitrogens with zero attached hydrogens (tertiary/aromatic N) is 4. The molecular formula is C24H29N5O. The first-order valence-electron chi connectivity index (χ1n) is 10.5. The monoisotopic (exact) mass is 403 g/mol. The van der Waals surface area contributed by atoms with Gasteiger partial charge in [-0.1, -0.05) is 6.07 Å². The van der Waals surface area contributed by atoms with E-state index in [0.29, 0.717) is 11.5 Å². The molecule has 156 valence electrons. The molecule has 1 saturated heterocycles. The lowest BCUT2D eigenvalue weighted by Crippen LogP contribution is -2.36. The molecule has 0 unspecified atom stereocenters. The van der Waals surface area contributed by atoms with Crippen LogP contribution >= 0.6 is 0 Å². The molecule has 1 aliphatic rings. The fourth-order valence-electron chi connectivity index (χ4n) is 4.34. The summed E-state index contributed by atoms with van der Waals surface area (Å²) in [5, 5.41) is 3.47. The van der Waals surface area contributed by atoms with Crippen LogP contribution in [0.5, 0.6) is 0 Å². The largest absolute Gasteiger partial charge is 0.343 e. The van der Waals surface area contributed by atoms with Crippen LogP contribution in [0.3, 0.4) is 0 Å². The van der Waals surface area contributed by atoms with Crippen LogP contribution in [0.15, 0.2) is 41.7 Å². The SMILES string of the molecule is CN=C(Nc1ccc(-c2ccc3nc(C)cn3c2)c(C)c1C=O)C1CCN(C)CC1. The molecule has 0 bridgehead atoms. The van der Waals surface area contributed by atoms with Crippen molar-refractivity contribution in [3.05, 3.63) is 53.5 Å². The zero-order valence-electron chi connectivity index (χ0n) is 18.1. The minimum Gasteiger partial charge on any atom is -0.343 e. The van der Waals surface area contributed by atoms with E-state index in [4.69, 9.17) is 0 Å². The summed E-state index contributed by atoms with van der Waals surface area (Å²) in [6, 6.07) is 8.15. The second-order valence-electron chi connectivity index (χ2n) is 8.19. The third kappa shape index (κ3) is 3.87. The van der Waals surface area contributed by atoms with E-state index in [0.717, 1.165) is 71.8 Å². The number of aryl methyl sites for hydroxylation is 1. The van der Waals surface area contributed by atoms with Crippen molar-refractivity contribution in [3.63, 3.8) is 0 Å². The van der Waals surface area contributed by atoms with Crippen molar-refractivity contribution in [1.82, 2.24) is 14.3 Å². The lowest BCUT2D eigenvalue weighted by atomic mass is 9.94. The quantitative estimate of drug-likeness (QED) is 0.403. The lowest BCUT2D eigenvalue weighted by molar-refractivity contribution is 0.112. The number of anilines is 1. The number of imidazole rings is 1. The number of fused-ring (bicyclic) bond motifs is 1. The van der Waals surface area contributed by atoms with E-state index < -0.39 is 0 Å². The average molecular weight is 404 g/mol. The number of pyridine rings is 1. The maximum absolute atomic E-state index is 12.0. The Balaban J connectivity index is 1.65. The van der Waals surface area contributed by atoms with Crippen molar-refractivity contribution in [2.75, 3.05) is 32.5 Å². The third-order valence-corrected chi connectivity index (χ3v) is 6.12. The highest BCUT2D eigenvalue weighted by atomic mass is 16.1. The molecule has 0 amide bonds. The predicted octanol–water partition coefficient (Wildman–Crippen LogP) is 4.21. The van der Waals surface area contributed by atoms with Gasteiger partial charge in [-0.25, -0.2) is 4.98 Å². The second-order valence-corrected chi connectivity index (χ2v) is 8.19. The molecule has 6 heteroatoms. The summed E-state index contributed by atoms with van der Waals surface area (Å²) in [7, 11) is 3.98. The van der Waals surface area contributed by atoms with Crippen LogP contribution < -0.4 is 5.32 Å². The Morgan fingerprint density at radius 3 is 2.63 bits per heavy atom. The molecule has 30 heavy (non-hydrogen) atoms. The van der Waals surface area contributed by atoms with Gasteiger partial charge in [-0.2, -0.15) is 0 Å². The van der Waals surface area contributed by atoms with E-state index in [2.05, 4.69) is 45.6 Å². The van der Waals surface area contributed by atoms with Crippen LogP contribution in [0.25, 0.3) is 16.8 Å². The Morgan fingerprint density at radius 2 is 1.93 bits per heavy atom. The number of carbonyl (C=O) groups excluding carboxylic acids is 1. The van der Waals surface area contributed by atoms with Crippen molar-refractivity contribution in [3.8, 4) is 11.1 Å². The molecule has 4 rings (SSSR count). The Labute approximate surface area is 177 Å². The normalized spacial score (nSPS) is 16.2. The van der Waals surface area contributed by atoms with E-state index in [9.17, 15) is 4.79 Å². The van der Waals surface area contributed by atoms with Crippen LogP contribution in [0.4, 0.5) is 5.69 Å². The number of aromatic nitrogens is 2. The molecule has 0 spiro atoms. The number of rotatable bonds is 4. The average Bonchev–Trinajstić information content (AvgIpc) is 3.12. The van der Waals surface area contributed by atoms with Crippen LogP contribution in [-0.2, 0) is 0 Å². The van der Waals surface area contributed by atoms with E-state index >= 15 is 0 Å². The standard InChI is InChI=1S/C24H29N5O/c1-16-13-29-14-19(5-8-23(29)26-16)20-6-7-22(21(15-30)17(20)2)27-24(25-3)18-9-11-28(4)12-10-18/h5-8,13-15,18H,9-12H2,1-4H3,(H,25,27). The number of aliphatic imine (C=N–C) groups is 1. The molecule has 2 aromatic heterocycles. The van der Waals surface area contributed by atoms with Gasteiger partial charge in [0.25, 0.3) is 0 Å². The first kappa shape index (κ1) is 20.3. The summed E-state index contributed by atoms with van der Waals surface area (Å²) in [5.74, 6) is 1.37. The van der Waals surface area contributed by atoms with Crippen molar-refractivity contribution >= 4 is 23.5 Å². The highest BCUT2D eigenvalue weighted by molar-refractivity contribution is 6.02. The molecule has 1 fully saturated rings. The van der Waals surface area contributed by atoms with Crippen LogP contribution in [0.1, 0.15) is 34.5 Å². The van der Waals surface area contributed by atoms with Gasteiger partial charge in [0.15, 0.2) is 6.29 Å². The number of nitrogens with one attached hydrogen (secondary N) is 1. The minimum atomic E-state index is 0.401. The van der Waals surface area contributed by atoms with Crippen molar-refractivity contribution in [2.45, 2.75) is 26.7 Å². The van der Waals surface area contributed by atoms with E-state index in [1.165, 1.54) is 0 Å². The van der Waals surface area contributed by atoms with Crippen molar-refractivity contribution in [1.29, 1.82) is 0 Å². The van der Waals surface area contributed by atoms with E-state index in [1.54, 1.807) is 0 Å². The molecule has 0 atom stereocenters. The Morgan fingerprint density at radius 1 is 1.17 bits per heavy atom. The molecule has 0 radical (unpaired) electrons. The van der Waals surface area contributed by atoms with Gasteiger partial charge in [-0.3, -0.25) is 9.79 Å². The fraction of sp³-hybridized carbons (Fsp3) is 0.375. The maximum atomic E-state index is 12.0. The molecule has 6 nitrogen and oxygen atoms in total. The summed E-state index contributed by atoms with van der Waals surface area (Å²) >= 11 is 0. The zero-order chi connectivity index (χ0) is 21.3. The number of piperidine rings is 1. The Hall–Kier alpha value is -2.99. The molecular weight excluding hydrogens is 374 g/mol. The van der Waals surface area contributed by atoms with Gasteiger partial charge in [0.2, 0.25) is 0 Å². The van der Waals surface area contributed by atoms with Crippen LogP contribution in [0, 0.1) is 19.8 Å². The van der Waals surface area contributed by atoms with Gasteiger partial charge >= 0.3 is 0 Å². The number of hydrogen-bond donors (Lipinski definition) is 1. The van der Waals surface area contributed by atoms with Crippen LogP contribution in [0.2, 0.25) is 0 Å². The lowest BCUT2D eigenvalue weighted by Gasteiger charge is -2.30. The first-order valence-corrected chi connectivity index (χ1v) is 10.5. The second kappa shape index (κ2) is 8.40. The number of benzene rings is 1. The zero-order valence-corrected chi connectivity index (χ0v) is 18.1. The van der Waals surface area contributed by atoms with Crippen molar-refractivity contribution < 1.29 is 4.79 Å². The number of aldehydes is 1. The van der Waals surface area contributed by atoms with Gasteiger partial charge in [0.1, 0.15) is 11.5 Å². The third-order valence-electron chi connectivity index (χ3n) is 6.12. The summed E-state index contributed by atoms with van der Waals surface area (Å²) in [6.07, 6.45) is 7.18. The molecule has 1 N–H and O–H groups in total. The Bertz CT molecular complexity index is 1110. The summed E-state index contributed by atoms with van der Waals surface area (Å²) in [6.45, 7) is 6.13. The highest BCUT2D eigenvalue weighted by Gasteiger charge is 2.22. The molecule has 1 aromatic carbocycles. The summed E-state index contributed by atoms with van der Waals surface area (Å²) in [5.41, 5.74) is 6.48. The van der Waals surface area contributed by atoms with Gasteiger partial charge in [-0.15, -0.1) is 0 Å². The smallest absolute Gasteiger partial charge is 0.152 e. The maximum Gasteiger partial charge on any atom is 0.152 e. The van der Waals surface area contributed by atoms with E-state index in [-0.39, 0.29) is 0 Å². The highest BCUT2D eigenvalue weighted by Crippen LogP contribution is 2.31. The predicted molar refractivity (Wildman–Crippen MR) is 123 cm³/mol. The number of carbonyl (C=O) groups is 1. The van der Waals surface area contributed by atoms with E-state index in [1.807, 2.05) is 43.6 Å². The van der Waals surface area contributed by atoms with Gasteiger partial charge in [-0.05, 0) is 81.7 Å². The first-order chi connectivity index (χ1) is 14.5. The summed E-state index contributed by atoms with van der Waals surface area (Å²) in [4.78, 5) is 23.4. The Kier molecular flexibility index (Phi) is 5.68. The summed E-state index contributed by atoms with van der Waals surface area (Å²) < 4.78 is 2.03. The van der Waals surface area contributed by atoms with Crippen LogP contribution in [-0.4, -0.2) is 53.6 Å². The number of hydrogen-bond acceptors (Lipinski definition) is 4. The van der Waals surface area contributed by atoms with Gasteiger partial charge in [0.05, 0.1) is 11.4 Å². The van der Waals surface area contributed by atoms with Gasteiger partial charge in [0, 0.05) is 30.9 Å². The van der Waals surface area contributed by atoms with Crippen molar-refractivity contribution in [2.24, 2.45) is 10.9 Å². The topological polar surface area (TPSA) is 62.0 Å². The molecule has 0 aliphatic carbocycles. The van der Waals surface area contributed by atoms with Gasteiger partial charge < -0.3 is 14.6 Å².